The fraction of sp³-hybridized carbons (Fsp3) is 0.920. The van der Waals surface area contributed by atoms with Gasteiger partial charge in [-0.05, 0) is 75.5 Å². The fourth-order valence-corrected chi connectivity index (χ4v) is 6.75. The van der Waals surface area contributed by atoms with Gasteiger partial charge in [-0.15, -0.1) is 0 Å². The molecule has 7 heteroatoms. The summed E-state index contributed by atoms with van der Waals surface area (Å²) in [6, 6.07) is -0.0188. The van der Waals surface area contributed by atoms with Crippen LogP contribution in [0.15, 0.2) is 0 Å². The molecule has 184 valence electrons. The van der Waals surface area contributed by atoms with Crippen molar-refractivity contribution in [2.75, 3.05) is 19.7 Å². The Bertz CT molecular complexity index is 677. The average molecular weight is 453 g/mol. The highest BCUT2D eigenvalue weighted by atomic mass is 16.6. The van der Waals surface area contributed by atoms with Gasteiger partial charge in [-0.25, -0.2) is 4.79 Å². The normalized spacial score (nSPS) is 38.3. The molecule has 2 amide bonds. The highest BCUT2D eigenvalue weighted by Gasteiger charge is 2.60. The van der Waals surface area contributed by atoms with Crippen LogP contribution in [-0.4, -0.2) is 65.1 Å². The van der Waals surface area contributed by atoms with Gasteiger partial charge in [-0.3, -0.25) is 4.79 Å². The van der Waals surface area contributed by atoms with Crippen LogP contribution in [0.1, 0.15) is 79.6 Å². The molecule has 1 saturated heterocycles. The summed E-state index contributed by atoms with van der Waals surface area (Å²) in [5, 5.41) is 24.3. The van der Waals surface area contributed by atoms with Crippen molar-refractivity contribution in [1.82, 2.24) is 10.2 Å². The molecule has 2 aliphatic carbocycles. The Kier molecular flexibility index (Phi) is 7.81. The van der Waals surface area contributed by atoms with E-state index in [-0.39, 0.29) is 41.9 Å². The third-order valence-electron chi connectivity index (χ3n) is 8.86. The number of amides is 2. The molecule has 2 saturated carbocycles. The number of alkyl carbamates (subject to hydrolysis) is 1. The van der Waals surface area contributed by atoms with Gasteiger partial charge in [0.2, 0.25) is 5.91 Å². The molecule has 0 bridgehead atoms. The monoisotopic (exact) mass is 452 g/mol. The lowest BCUT2D eigenvalue weighted by atomic mass is 9.46. The molecule has 32 heavy (non-hydrogen) atoms. The Hall–Kier alpha value is -1.34. The molecule has 3 aliphatic rings. The van der Waals surface area contributed by atoms with Crippen LogP contribution in [0.25, 0.3) is 0 Å². The van der Waals surface area contributed by atoms with Crippen LogP contribution in [0.3, 0.4) is 0 Å². The Balaban J connectivity index is 1.77. The molecule has 1 aliphatic heterocycles. The molecule has 1 heterocycles. The number of carbonyl (C=O) groups excluding carboxylic acids is 2. The van der Waals surface area contributed by atoms with Crippen LogP contribution in [0.2, 0.25) is 0 Å². The Morgan fingerprint density at radius 3 is 2.38 bits per heavy atom. The van der Waals surface area contributed by atoms with Gasteiger partial charge >= 0.3 is 6.09 Å². The number of hydrogen-bond donors (Lipinski definition) is 3. The number of fused-ring (bicyclic) bond motifs is 1. The van der Waals surface area contributed by atoms with E-state index < -0.39 is 17.6 Å². The van der Waals surface area contributed by atoms with E-state index in [0.29, 0.717) is 25.2 Å². The van der Waals surface area contributed by atoms with Gasteiger partial charge in [-0.2, -0.15) is 0 Å². The Labute approximate surface area is 193 Å². The third-order valence-corrected chi connectivity index (χ3v) is 8.86. The Morgan fingerprint density at radius 1 is 1.12 bits per heavy atom. The van der Waals surface area contributed by atoms with Crippen LogP contribution in [0.5, 0.6) is 0 Å². The lowest BCUT2D eigenvalue weighted by Crippen LogP contribution is -2.61. The molecule has 3 rings (SSSR count). The zero-order chi connectivity index (χ0) is 23.7. The predicted octanol–water partition coefficient (Wildman–Crippen LogP) is 3.32. The SMILES string of the molecule is CC1CCN(C(=O)C[C@@H]2[C@H](O)CC[C@H]3[C@](C)(CO)[C@H](OC(=O)NC(C)C)CC[C@]32C)CC1. The van der Waals surface area contributed by atoms with Crippen LogP contribution in [-0.2, 0) is 9.53 Å². The van der Waals surface area contributed by atoms with E-state index in [4.69, 9.17) is 4.74 Å². The second-order valence-electron chi connectivity index (χ2n) is 11.5. The van der Waals surface area contributed by atoms with Gasteiger partial charge in [0.05, 0.1) is 12.7 Å². The number of rotatable bonds is 5. The van der Waals surface area contributed by atoms with Crippen molar-refractivity contribution in [3.05, 3.63) is 0 Å². The molecule has 0 spiro atoms. The maximum Gasteiger partial charge on any atom is 0.407 e. The largest absolute Gasteiger partial charge is 0.446 e. The molecule has 0 aromatic rings. The molecule has 6 atom stereocenters. The molecule has 7 nitrogen and oxygen atoms in total. The van der Waals surface area contributed by atoms with Gasteiger partial charge in [0, 0.05) is 31.0 Å². The molecular formula is C25H44N2O5. The number of aliphatic hydroxyl groups excluding tert-OH is 2. The number of nitrogens with one attached hydrogen (secondary N) is 1. The van der Waals surface area contributed by atoms with Gasteiger partial charge in [0.1, 0.15) is 6.10 Å². The topological polar surface area (TPSA) is 99.1 Å². The van der Waals surface area contributed by atoms with Crippen molar-refractivity contribution >= 4 is 12.0 Å². The number of nitrogens with zero attached hydrogens (tertiary/aromatic N) is 1. The highest BCUT2D eigenvalue weighted by Crippen LogP contribution is 2.61. The molecule has 3 N–H and O–H groups in total. The van der Waals surface area contributed by atoms with E-state index in [1.807, 2.05) is 25.7 Å². The summed E-state index contributed by atoms with van der Waals surface area (Å²) < 4.78 is 5.80. The van der Waals surface area contributed by atoms with E-state index in [9.17, 15) is 19.8 Å². The van der Waals surface area contributed by atoms with Gasteiger partial charge in [0.15, 0.2) is 0 Å². The third kappa shape index (κ3) is 4.93. The minimum Gasteiger partial charge on any atom is -0.446 e. The summed E-state index contributed by atoms with van der Waals surface area (Å²) in [6.07, 6.45) is 3.82. The number of likely N-dealkylation sites (tertiary alicyclic amines) is 1. The quantitative estimate of drug-likeness (QED) is 0.594. The van der Waals surface area contributed by atoms with Gasteiger partial charge in [0.25, 0.3) is 0 Å². The molecule has 0 unspecified atom stereocenters. The second kappa shape index (κ2) is 9.88. The number of aliphatic hydroxyl groups is 2. The maximum atomic E-state index is 13.2. The van der Waals surface area contributed by atoms with Crippen LogP contribution >= 0.6 is 0 Å². The van der Waals surface area contributed by atoms with Crippen LogP contribution in [0, 0.1) is 28.6 Å². The van der Waals surface area contributed by atoms with Crippen LogP contribution < -0.4 is 5.32 Å². The lowest BCUT2D eigenvalue weighted by Gasteiger charge is -2.60. The number of carbonyl (C=O) groups is 2. The molecule has 3 fully saturated rings. The van der Waals surface area contributed by atoms with Crippen molar-refractivity contribution < 1.29 is 24.5 Å². The van der Waals surface area contributed by atoms with Crippen molar-refractivity contribution in [2.45, 2.75) is 97.8 Å². The summed E-state index contributed by atoms with van der Waals surface area (Å²) in [4.78, 5) is 27.5. The zero-order valence-corrected chi connectivity index (χ0v) is 20.6. The first-order valence-corrected chi connectivity index (χ1v) is 12.5. The highest BCUT2D eigenvalue weighted by molar-refractivity contribution is 5.76. The minimum atomic E-state index is -0.608. The maximum absolute atomic E-state index is 13.2. The number of ether oxygens (including phenoxy) is 1. The standard InChI is InChI=1S/C25H44N2O5/c1-16(2)26-23(31)32-21-8-11-24(4)18(14-22(30)27-12-9-17(3)10-13-27)19(29)6-7-20(24)25(21,5)15-28/h16-21,28-29H,6-15H2,1-5H3,(H,26,31)/t18-,19-,20-,21-,24+,25+/m1/s1. The minimum absolute atomic E-state index is 0.0188. The van der Waals surface area contributed by atoms with Crippen LogP contribution in [0.4, 0.5) is 4.79 Å². The van der Waals surface area contributed by atoms with E-state index in [2.05, 4.69) is 19.2 Å². The van der Waals surface area contributed by atoms with Gasteiger partial charge < -0.3 is 25.2 Å². The zero-order valence-electron chi connectivity index (χ0n) is 20.6. The molecule has 0 aromatic carbocycles. The van der Waals surface area contributed by atoms with Crippen molar-refractivity contribution in [3.63, 3.8) is 0 Å². The lowest BCUT2D eigenvalue weighted by molar-refractivity contribution is -0.187. The molecular weight excluding hydrogens is 408 g/mol. The first kappa shape index (κ1) is 25.3. The van der Waals surface area contributed by atoms with Crippen molar-refractivity contribution in [3.8, 4) is 0 Å². The molecule has 0 aromatic heterocycles. The average Bonchev–Trinajstić information content (AvgIpc) is 2.72. The van der Waals surface area contributed by atoms with Gasteiger partial charge in [-0.1, -0.05) is 20.8 Å². The van der Waals surface area contributed by atoms with E-state index >= 15 is 0 Å². The van der Waals surface area contributed by atoms with E-state index in [0.717, 1.165) is 38.8 Å². The van der Waals surface area contributed by atoms with E-state index in [1.165, 1.54) is 0 Å². The summed E-state index contributed by atoms with van der Waals surface area (Å²) in [6.45, 7) is 11.7. The summed E-state index contributed by atoms with van der Waals surface area (Å²) >= 11 is 0. The first-order chi connectivity index (χ1) is 15.0. The summed E-state index contributed by atoms with van der Waals surface area (Å²) in [5.74, 6) is 0.718. The van der Waals surface area contributed by atoms with E-state index in [1.54, 1.807) is 0 Å². The first-order valence-electron chi connectivity index (χ1n) is 12.5. The smallest absolute Gasteiger partial charge is 0.407 e. The summed E-state index contributed by atoms with van der Waals surface area (Å²) in [7, 11) is 0. The van der Waals surface area contributed by atoms with Crippen molar-refractivity contribution in [1.29, 1.82) is 0 Å². The molecule has 0 radical (unpaired) electrons. The van der Waals surface area contributed by atoms with Crippen molar-refractivity contribution in [2.24, 2.45) is 28.6 Å². The number of piperidine rings is 1. The predicted molar refractivity (Wildman–Crippen MR) is 123 cm³/mol. The summed E-state index contributed by atoms with van der Waals surface area (Å²) in [5.41, 5.74) is -0.897. The second-order valence-corrected chi connectivity index (χ2v) is 11.5. The fourth-order valence-electron chi connectivity index (χ4n) is 6.75. The number of hydrogen-bond acceptors (Lipinski definition) is 5. The Morgan fingerprint density at radius 2 is 1.78 bits per heavy atom.